The quantitative estimate of drug-likeness (QED) is 0.790. The molecule has 0 spiro atoms. The first-order chi connectivity index (χ1) is 10.6. The van der Waals surface area contributed by atoms with Gasteiger partial charge in [0.1, 0.15) is 17.3 Å². The third-order valence-corrected chi connectivity index (χ3v) is 4.22. The smallest absolute Gasteiger partial charge is 0.209 e. The summed E-state index contributed by atoms with van der Waals surface area (Å²) in [5.74, 6) is 2.12. The van der Waals surface area contributed by atoms with Crippen LogP contribution in [-0.4, -0.2) is 40.4 Å². The van der Waals surface area contributed by atoms with Crippen LogP contribution in [0.1, 0.15) is 20.3 Å². The van der Waals surface area contributed by atoms with Crippen LogP contribution in [0.25, 0.3) is 11.4 Å². The van der Waals surface area contributed by atoms with Crippen LogP contribution >= 0.6 is 11.8 Å². The summed E-state index contributed by atoms with van der Waals surface area (Å²) in [4.78, 5) is 16.1. The van der Waals surface area contributed by atoms with E-state index in [1.165, 1.54) is 11.8 Å². The summed E-state index contributed by atoms with van der Waals surface area (Å²) in [6, 6.07) is 5.47. The van der Waals surface area contributed by atoms with Gasteiger partial charge in [0.15, 0.2) is 5.82 Å². The van der Waals surface area contributed by atoms with Crippen molar-refractivity contribution in [1.82, 2.24) is 15.2 Å². The lowest BCUT2D eigenvalue weighted by Crippen LogP contribution is -2.11. The molecule has 0 aliphatic heterocycles. The summed E-state index contributed by atoms with van der Waals surface area (Å²) in [5, 5.41) is 7.42. The van der Waals surface area contributed by atoms with Gasteiger partial charge in [-0.2, -0.15) is 0 Å². The zero-order valence-corrected chi connectivity index (χ0v) is 13.9. The lowest BCUT2D eigenvalue weighted by molar-refractivity contribution is -0.118. The summed E-state index contributed by atoms with van der Waals surface area (Å²) in [6.07, 6.45) is 0.512. The van der Waals surface area contributed by atoms with E-state index in [4.69, 9.17) is 9.47 Å². The predicted octanol–water partition coefficient (Wildman–Crippen LogP) is 2.95. The number of aromatic amines is 1. The molecular formula is C15H19N3O3S. The highest BCUT2D eigenvalue weighted by atomic mass is 32.2. The lowest BCUT2D eigenvalue weighted by Gasteiger charge is -2.08. The fourth-order valence-corrected chi connectivity index (χ4v) is 2.78. The highest BCUT2D eigenvalue weighted by Gasteiger charge is 2.17. The number of rotatable bonds is 7. The molecule has 1 atom stereocenters. The SMILES string of the molecule is CCC(=O)C(C)Sc1n[nH]c(-c2ccc(OC)cc2OC)n1. The summed E-state index contributed by atoms with van der Waals surface area (Å²) in [5.41, 5.74) is 0.789. The molecule has 22 heavy (non-hydrogen) atoms. The monoisotopic (exact) mass is 321 g/mol. The van der Waals surface area contributed by atoms with Gasteiger partial charge in [-0.05, 0) is 19.1 Å². The fourth-order valence-electron chi connectivity index (χ4n) is 1.93. The normalized spacial score (nSPS) is 12.0. The van der Waals surface area contributed by atoms with Crippen LogP contribution in [0, 0.1) is 0 Å². The molecule has 6 nitrogen and oxygen atoms in total. The molecule has 0 bridgehead atoms. The number of Topliss-reactive ketones (excluding diaryl/α,β-unsaturated/α-hetero) is 1. The Morgan fingerprint density at radius 2 is 2.14 bits per heavy atom. The van der Waals surface area contributed by atoms with Crippen LogP contribution in [0.2, 0.25) is 0 Å². The Morgan fingerprint density at radius 3 is 2.77 bits per heavy atom. The molecule has 0 saturated carbocycles. The number of carbonyl (C=O) groups is 1. The van der Waals surface area contributed by atoms with Crippen molar-refractivity contribution in [2.24, 2.45) is 0 Å². The Labute approximate surface area is 133 Å². The van der Waals surface area contributed by atoms with Gasteiger partial charge in [0.05, 0.1) is 25.0 Å². The minimum atomic E-state index is -0.161. The highest BCUT2D eigenvalue weighted by Crippen LogP contribution is 2.32. The molecule has 0 saturated heterocycles. The molecule has 2 rings (SSSR count). The van der Waals surface area contributed by atoms with Gasteiger partial charge in [0, 0.05) is 12.5 Å². The van der Waals surface area contributed by atoms with E-state index in [1.54, 1.807) is 20.3 Å². The number of nitrogens with zero attached hydrogens (tertiary/aromatic N) is 2. The number of carbonyl (C=O) groups excluding carboxylic acids is 1. The van der Waals surface area contributed by atoms with E-state index in [0.717, 1.165) is 5.56 Å². The van der Waals surface area contributed by atoms with Gasteiger partial charge in [-0.25, -0.2) is 4.98 Å². The molecule has 1 heterocycles. The van der Waals surface area contributed by atoms with Crippen molar-refractivity contribution in [3.63, 3.8) is 0 Å². The van der Waals surface area contributed by atoms with E-state index in [2.05, 4.69) is 15.2 Å². The second-order valence-corrected chi connectivity index (χ2v) is 5.92. The van der Waals surface area contributed by atoms with Crippen molar-refractivity contribution >= 4 is 17.5 Å². The standard InChI is InChI=1S/C15H19N3O3S/c1-5-12(19)9(2)22-15-16-14(17-18-15)11-7-6-10(20-3)8-13(11)21-4/h6-9H,5H2,1-4H3,(H,16,17,18). The number of benzene rings is 1. The number of ether oxygens (including phenoxy) is 2. The molecular weight excluding hydrogens is 302 g/mol. The second-order valence-electron chi connectivity index (χ2n) is 4.61. The van der Waals surface area contributed by atoms with E-state index in [0.29, 0.717) is 28.9 Å². The third kappa shape index (κ3) is 3.59. The zero-order valence-electron chi connectivity index (χ0n) is 13.0. The highest BCUT2D eigenvalue weighted by molar-refractivity contribution is 8.00. The molecule has 1 aromatic carbocycles. The predicted molar refractivity (Wildman–Crippen MR) is 85.5 cm³/mol. The van der Waals surface area contributed by atoms with Crippen molar-refractivity contribution < 1.29 is 14.3 Å². The zero-order chi connectivity index (χ0) is 16.1. The first-order valence-electron chi connectivity index (χ1n) is 6.93. The summed E-state index contributed by atoms with van der Waals surface area (Å²) < 4.78 is 10.5. The average Bonchev–Trinajstić information content (AvgIpc) is 3.01. The van der Waals surface area contributed by atoms with Crippen LogP contribution in [0.4, 0.5) is 0 Å². The number of thioether (sulfide) groups is 1. The van der Waals surface area contributed by atoms with Crippen LogP contribution < -0.4 is 9.47 Å². The molecule has 0 aliphatic carbocycles. The Kier molecular flexibility index (Phi) is 5.43. The van der Waals surface area contributed by atoms with Gasteiger partial charge in [-0.15, -0.1) is 5.10 Å². The topological polar surface area (TPSA) is 77.1 Å². The second kappa shape index (κ2) is 7.31. The van der Waals surface area contributed by atoms with Crippen molar-refractivity contribution in [2.45, 2.75) is 30.7 Å². The number of methoxy groups -OCH3 is 2. The maximum atomic E-state index is 11.6. The lowest BCUT2D eigenvalue weighted by atomic mass is 10.2. The Bertz CT molecular complexity index is 657. The van der Waals surface area contributed by atoms with Gasteiger partial charge in [-0.1, -0.05) is 18.7 Å². The third-order valence-electron chi connectivity index (χ3n) is 3.21. The number of hydrogen-bond donors (Lipinski definition) is 1. The molecule has 1 N–H and O–H groups in total. The van der Waals surface area contributed by atoms with Crippen molar-refractivity contribution in [2.75, 3.05) is 14.2 Å². The number of nitrogens with one attached hydrogen (secondary N) is 1. The average molecular weight is 321 g/mol. The van der Waals surface area contributed by atoms with Crippen LogP contribution in [-0.2, 0) is 4.79 Å². The molecule has 0 fully saturated rings. The van der Waals surface area contributed by atoms with E-state index < -0.39 is 0 Å². The number of ketones is 1. The molecule has 0 aliphatic rings. The van der Waals surface area contributed by atoms with E-state index in [1.807, 2.05) is 26.0 Å². The molecule has 1 aromatic heterocycles. The summed E-state index contributed by atoms with van der Waals surface area (Å²) in [7, 11) is 3.19. The molecule has 0 amide bonds. The van der Waals surface area contributed by atoms with Gasteiger partial charge in [0.2, 0.25) is 5.16 Å². The van der Waals surface area contributed by atoms with E-state index in [-0.39, 0.29) is 11.0 Å². The van der Waals surface area contributed by atoms with Gasteiger partial charge < -0.3 is 9.47 Å². The largest absolute Gasteiger partial charge is 0.497 e. The maximum absolute atomic E-state index is 11.6. The van der Waals surface area contributed by atoms with Crippen molar-refractivity contribution in [3.05, 3.63) is 18.2 Å². The molecule has 118 valence electrons. The fraction of sp³-hybridized carbons (Fsp3) is 0.400. The van der Waals surface area contributed by atoms with Crippen molar-refractivity contribution in [3.8, 4) is 22.9 Å². The van der Waals surface area contributed by atoms with Crippen molar-refractivity contribution in [1.29, 1.82) is 0 Å². The van der Waals surface area contributed by atoms with Crippen LogP contribution in [0.5, 0.6) is 11.5 Å². The molecule has 2 aromatic rings. The van der Waals surface area contributed by atoms with E-state index in [9.17, 15) is 4.79 Å². The maximum Gasteiger partial charge on any atom is 0.209 e. The molecule has 7 heteroatoms. The van der Waals surface area contributed by atoms with E-state index >= 15 is 0 Å². The van der Waals surface area contributed by atoms with Gasteiger partial charge >= 0.3 is 0 Å². The Morgan fingerprint density at radius 1 is 1.36 bits per heavy atom. The number of aromatic nitrogens is 3. The summed E-state index contributed by atoms with van der Waals surface area (Å²) >= 11 is 1.34. The van der Waals surface area contributed by atoms with Gasteiger partial charge in [0.25, 0.3) is 0 Å². The van der Waals surface area contributed by atoms with Crippen LogP contribution in [0.3, 0.4) is 0 Å². The first kappa shape index (κ1) is 16.4. The van der Waals surface area contributed by atoms with Gasteiger partial charge in [-0.3, -0.25) is 9.89 Å². The minimum Gasteiger partial charge on any atom is -0.497 e. The minimum absolute atomic E-state index is 0.161. The molecule has 0 radical (unpaired) electrons. The Balaban J connectivity index is 2.23. The van der Waals surface area contributed by atoms with Crippen LogP contribution in [0.15, 0.2) is 23.4 Å². The number of H-pyrrole nitrogens is 1. The number of hydrogen-bond acceptors (Lipinski definition) is 6. The first-order valence-corrected chi connectivity index (χ1v) is 7.81. The Hall–Kier alpha value is -2.02. The summed E-state index contributed by atoms with van der Waals surface area (Å²) in [6.45, 7) is 3.71. The molecule has 1 unspecified atom stereocenters.